The van der Waals surface area contributed by atoms with E-state index in [4.69, 9.17) is 4.12 Å². The average molecular weight is 281 g/mol. The summed E-state index contributed by atoms with van der Waals surface area (Å²) < 4.78 is 6.31. The molecule has 0 saturated heterocycles. The summed E-state index contributed by atoms with van der Waals surface area (Å²) in [5.41, 5.74) is 0. The van der Waals surface area contributed by atoms with Crippen molar-refractivity contribution >= 4 is 31.1 Å². The highest BCUT2D eigenvalue weighted by molar-refractivity contribution is 7.64. The first-order valence-electron chi connectivity index (χ1n) is 5.63. The Kier molecular flexibility index (Phi) is 4.45. The van der Waals surface area contributed by atoms with Gasteiger partial charge in [0.25, 0.3) is 7.60 Å². The molecular formula is C9H28O2Si4. The van der Waals surface area contributed by atoms with Gasteiger partial charge >= 0.3 is 0 Å². The molecule has 0 spiro atoms. The molecule has 0 bridgehead atoms. The van der Waals surface area contributed by atoms with E-state index >= 15 is 0 Å². The van der Waals surface area contributed by atoms with Gasteiger partial charge in [-0.3, -0.25) is 0 Å². The van der Waals surface area contributed by atoms with Crippen molar-refractivity contribution in [2.75, 3.05) is 0 Å². The molecule has 0 fully saturated rings. The zero-order valence-electron chi connectivity index (χ0n) is 11.9. The van der Waals surface area contributed by atoms with Gasteiger partial charge < -0.3 is 8.91 Å². The van der Waals surface area contributed by atoms with Gasteiger partial charge in [0, 0.05) is 0 Å². The van der Waals surface area contributed by atoms with Gasteiger partial charge in [0.2, 0.25) is 0 Å². The minimum Gasteiger partial charge on any atom is -0.441 e. The monoisotopic (exact) mass is 280 g/mol. The third-order valence-corrected chi connectivity index (χ3v) is 37.7. The predicted molar refractivity (Wildman–Crippen MR) is 79.1 cm³/mol. The lowest BCUT2D eigenvalue weighted by Crippen LogP contribution is -2.76. The molecule has 0 aromatic heterocycles. The van der Waals surface area contributed by atoms with Crippen molar-refractivity contribution in [3.8, 4) is 0 Å². The second-order valence-electron chi connectivity index (χ2n) is 7.36. The lowest BCUT2D eigenvalue weighted by Gasteiger charge is -2.47. The van der Waals surface area contributed by atoms with E-state index in [0.29, 0.717) is 0 Å². The molecule has 0 amide bonds. The number of hydrogen-bond donors (Lipinski definition) is 1. The van der Waals surface area contributed by atoms with E-state index in [0.717, 1.165) is 0 Å². The molecule has 0 aromatic rings. The fraction of sp³-hybridized carbons (Fsp3) is 1.00. The van der Waals surface area contributed by atoms with E-state index in [1.807, 2.05) is 0 Å². The summed E-state index contributed by atoms with van der Waals surface area (Å²) in [6.45, 7) is 20.1. The molecule has 0 aliphatic heterocycles. The zero-order chi connectivity index (χ0) is 12.7. The van der Waals surface area contributed by atoms with Crippen LogP contribution in [0.15, 0.2) is 0 Å². The molecule has 0 heterocycles. The molecule has 0 saturated carbocycles. The molecule has 0 unspecified atom stereocenters. The highest BCUT2D eigenvalue weighted by atomic mass is 29.7. The minimum atomic E-state index is -2.45. The van der Waals surface area contributed by atoms with Crippen molar-refractivity contribution in [2.24, 2.45) is 0 Å². The Bertz CT molecular complexity index is 208. The quantitative estimate of drug-likeness (QED) is 0.802. The van der Waals surface area contributed by atoms with Gasteiger partial charge in [-0.25, -0.2) is 0 Å². The molecule has 0 aliphatic carbocycles. The highest BCUT2D eigenvalue weighted by Crippen LogP contribution is 2.30. The van der Waals surface area contributed by atoms with E-state index in [2.05, 4.69) is 58.9 Å². The van der Waals surface area contributed by atoms with Crippen molar-refractivity contribution in [3.05, 3.63) is 0 Å². The molecule has 0 rings (SSSR count). The summed E-state index contributed by atoms with van der Waals surface area (Å²) in [5, 5.41) is 0. The Morgan fingerprint density at radius 1 is 0.667 bits per heavy atom. The Morgan fingerprint density at radius 2 is 0.933 bits per heavy atom. The maximum absolute atomic E-state index is 11.1. The Balaban J connectivity index is 5.26. The van der Waals surface area contributed by atoms with Gasteiger partial charge in [-0.15, -0.1) is 0 Å². The SMILES string of the molecule is C[Si](C)(C)O[Si](O)([Si](C)(C)C)[Si](C)(C)C. The van der Waals surface area contributed by atoms with Crippen molar-refractivity contribution in [3.63, 3.8) is 0 Å². The van der Waals surface area contributed by atoms with E-state index in [9.17, 15) is 4.80 Å². The molecule has 0 radical (unpaired) electrons. The third-order valence-electron chi connectivity index (χ3n) is 2.49. The van der Waals surface area contributed by atoms with Gasteiger partial charge in [-0.2, -0.15) is 0 Å². The van der Waals surface area contributed by atoms with Gasteiger partial charge in [0.1, 0.15) is 0 Å². The Hall–Kier alpha value is 0.788. The Morgan fingerprint density at radius 3 is 1.00 bits per heavy atom. The van der Waals surface area contributed by atoms with Crippen LogP contribution in [0.2, 0.25) is 58.9 Å². The first-order chi connectivity index (χ1) is 6.21. The largest absolute Gasteiger partial charge is 0.441 e. The predicted octanol–water partition coefficient (Wildman–Crippen LogP) is 3.11. The molecular weight excluding hydrogens is 252 g/mol. The molecule has 6 heteroatoms. The highest BCUT2D eigenvalue weighted by Gasteiger charge is 2.58. The minimum absolute atomic E-state index is 1.59. The van der Waals surface area contributed by atoms with Crippen molar-refractivity contribution < 1.29 is 8.91 Å². The molecule has 0 atom stereocenters. The van der Waals surface area contributed by atoms with Crippen LogP contribution in [0, 0.1) is 0 Å². The van der Waals surface area contributed by atoms with E-state index in [1.165, 1.54) is 0 Å². The topological polar surface area (TPSA) is 29.5 Å². The van der Waals surface area contributed by atoms with Gasteiger partial charge in [0.05, 0.1) is 15.2 Å². The average Bonchev–Trinajstić information content (AvgIpc) is 1.77. The summed E-state index contributed by atoms with van der Waals surface area (Å²) >= 11 is 0. The van der Waals surface area contributed by atoms with Crippen LogP contribution in [0.25, 0.3) is 0 Å². The molecule has 1 N–H and O–H groups in total. The number of rotatable bonds is 4. The normalized spacial score (nSPS) is 15.6. The molecule has 0 aromatic carbocycles. The molecule has 2 nitrogen and oxygen atoms in total. The van der Waals surface area contributed by atoms with Crippen molar-refractivity contribution in [1.82, 2.24) is 0 Å². The summed E-state index contributed by atoms with van der Waals surface area (Å²) in [6, 6.07) is 0. The van der Waals surface area contributed by atoms with Crippen LogP contribution in [-0.2, 0) is 4.12 Å². The molecule has 0 aliphatic rings. The van der Waals surface area contributed by atoms with Crippen molar-refractivity contribution in [2.45, 2.75) is 58.9 Å². The fourth-order valence-corrected chi connectivity index (χ4v) is 48.1. The van der Waals surface area contributed by atoms with Gasteiger partial charge in [0.15, 0.2) is 8.32 Å². The first kappa shape index (κ1) is 15.8. The van der Waals surface area contributed by atoms with E-state index in [1.54, 1.807) is 0 Å². The smallest absolute Gasteiger partial charge is 0.282 e. The fourth-order valence-electron chi connectivity index (χ4n) is 1.87. The second-order valence-corrected chi connectivity index (χ2v) is 37.3. The van der Waals surface area contributed by atoms with Crippen LogP contribution in [-0.4, -0.2) is 35.9 Å². The van der Waals surface area contributed by atoms with E-state index < -0.39 is 31.1 Å². The zero-order valence-corrected chi connectivity index (χ0v) is 15.9. The summed E-state index contributed by atoms with van der Waals surface area (Å²) in [5.74, 6) is 0. The van der Waals surface area contributed by atoms with E-state index in [-0.39, 0.29) is 0 Å². The summed E-state index contributed by atoms with van der Waals surface area (Å²) in [4.78, 5) is 11.1. The maximum atomic E-state index is 11.1. The van der Waals surface area contributed by atoms with Crippen LogP contribution < -0.4 is 0 Å². The maximum Gasteiger partial charge on any atom is 0.282 e. The first-order valence-corrected chi connectivity index (χ1v) is 19.9. The lowest BCUT2D eigenvalue weighted by molar-refractivity contribution is 0.418. The van der Waals surface area contributed by atoms with Gasteiger partial charge in [-0.1, -0.05) is 39.3 Å². The summed E-state index contributed by atoms with van der Waals surface area (Å²) in [6.07, 6.45) is 0. The summed E-state index contributed by atoms with van der Waals surface area (Å²) in [7, 11) is -7.25. The van der Waals surface area contributed by atoms with Gasteiger partial charge in [-0.05, 0) is 19.6 Å². The van der Waals surface area contributed by atoms with Crippen molar-refractivity contribution in [1.29, 1.82) is 0 Å². The molecule has 92 valence electrons. The lowest BCUT2D eigenvalue weighted by atomic mass is 11.8. The Labute approximate surface area is 99.0 Å². The van der Waals surface area contributed by atoms with Crippen LogP contribution >= 0.6 is 0 Å². The standard InChI is InChI=1S/C9H28O2Si4/c1-12(2,3)11-15(10,13(4,5)6)14(7,8)9/h10H,1-9H3. The molecule has 15 heavy (non-hydrogen) atoms. The van der Waals surface area contributed by atoms with Crippen LogP contribution in [0.1, 0.15) is 0 Å². The van der Waals surface area contributed by atoms with Crippen LogP contribution in [0.4, 0.5) is 0 Å². The second kappa shape index (κ2) is 4.23. The third kappa shape index (κ3) is 3.94. The van der Waals surface area contributed by atoms with Crippen LogP contribution in [0.5, 0.6) is 0 Å². The van der Waals surface area contributed by atoms with Crippen LogP contribution in [0.3, 0.4) is 0 Å². The number of hydrogen-bond acceptors (Lipinski definition) is 2.